The second-order valence-corrected chi connectivity index (χ2v) is 5.55. The summed E-state index contributed by atoms with van der Waals surface area (Å²) in [5.74, 6) is 0.840. The van der Waals surface area contributed by atoms with Crippen molar-refractivity contribution in [2.75, 3.05) is 20.2 Å². The first kappa shape index (κ1) is 17.8. The van der Waals surface area contributed by atoms with Gasteiger partial charge < -0.3 is 15.0 Å². The van der Waals surface area contributed by atoms with Crippen molar-refractivity contribution in [1.29, 1.82) is 0 Å². The Hall–Kier alpha value is -2.50. The molecule has 0 bridgehead atoms. The van der Waals surface area contributed by atoms with Crippen molar-refractivity contribution >= 4 is 6.03 Å². The summed E-state index contributed by atoms with van der Waals surface area (Å²) in [4.78, 5) is 14.1. The standard InChI is InChI=1S/C18H26N4O2/c1-4-21(13-16-12-20-22(5-2)14-16)18(23)19-11-10-15-6-8-17(24-3)9-7-15/h6-9,12,14H,4-5,10-11,13H2,1-3H3,(H,19,23). The quantitative estimate of drug-likeness (QED) is 0.809. The molecule has 0 unspecified atom stereocenters. The van der Waals surface area contributed by atoms with Crippen molar-refractivity contribution in [2.45, 2.75) is 33.4 Å². The minimum atomic E-state index is -0.0461. The molecule has 0 spiro atoms. The van der Waals surface area contributed by atoms with Gasteiger partial charge in [-0.1, -0.05) is 12.1 Å². The molecular formula is C18H26N4O2. The van der Waals surface area contributed by atoms with Gasteiger partial charge in [0.15, 0.2) is 0 Å². The minimum Gasteiger partial charge on any atom is -0.497 e. The van der Waals surface area contributed by atoms with Crippen LogP contribution in [0.4, 0.5) is 4.79 Å². The maximum Gasteiger partial charge on any atom is 0.317 e. The Morgan fingerprint density at radius 2 is 2.00 bits per heavy atom. The highest BCUT2D eigenvalue weighted by Gasteiger charge is 2.12. The highest BCUT2D eigenvalue weighted by atomic mass is 16.5. The summed E-state index contributed by atoms with van der Waals surface area (Å²) in [7, 11) is 1.65. The van der Waals surface area contributed by atoms with Gasteiger partial charge in [-0.25, -0.2) is 4.79 Å². The lowest BCUT2D eigenvalue weighted by molar-refractivity contribution is 0.198. The number of carbonyl (C=O) groups excluding carboxylic acids is 1. The number of hydrogen-bond donors (Lipinski definition) is 1. The molecule has 1 heterocycles. The Labute approximate surface area is 143 Å². The molecule has 0 atom stereocenters. The number of ether oxygens (including phenoxy) is 1. The number of methoxy groups -OCH3 is 1. The maximum absolute atomic E-state index is 12.3. The first-order valence-corrected chi connectivity index (χ1v) is 8.33. The second-order valence-electron chi connectivity index (χ2n) is 5.55. The Morgan fingerprint density at radius 1 is 1.25 bits per heavy atom. The van der Waals surface area contributed by atoms with E-state index in [0.29, 0.717) is 19.6 Å². The molecule has 0 aliphatic heterocycles. The molecule has 24 heavy (non-hydrogen) atoms. The van der Waals surface area contributed by atoms with Crippen LogP contribution in [0.15, 0.2) is 36.7 Å². The van der Waals surface area contributed by atoms with Crippen LogP contribution in [0.3, 0.4) is 0 Å². The average molecular weight is 330 g/mol. The lowest BCUT2D eigenvalue weighted by atomic mass is 10.1. The van der Waals surface area contributed by atoms with Gasteiger partial charge in [-0.05, 0) is 38.0 Å². The number of amides is 2. The molecule has 2 rings (SSSR count). The fraction of sp³-hybridized carbons (Fsp3) is 0.444. The summed E-state index contributed by atoms with van der Waals surface area (Å²) in [5, 5.41) is 7.23. The van der Waals surface area contributed by atoms with Crippen molar-refractivity contribution in [2.24, 2.45) is 0 Å². The normalized spacial score (nSPS) is 10.5. The molecule has 1 aromatic carbocycles. The van der Waals surface area contributed by atoms with Crippen LogP contribution in [-0.2, 0) is 19.5 Å². The van der Waals surface area contributed by atoms with Crippen LogP contribution in [-0.4, -0.2) is 40.9 Å². The molecule has 0 aliphatic carbocycles. The Kier molecular flexibility index (Phi) is 6.66. The highest BCUT2D eigenvalue weighted by Crippen LogP contribution is 2.11. The van der Waals surface area contributed by atoms with E-state index in [0.717, 1.165) is 24.3 Å². The van der Waals surface area contributed by atoms with Gasteiger partial charge in [0.1, 0.15) is 5.75 Å². The summed E-state index contributed by atoms with van der Waals surface area (Å²) < 4.78 is 7.01. The van der Waals surface area contributed by atoms with E-state index in [9.17, 15) is 4.79 Å². The summed E-state index contributed by atoms with van der Waals surface area (Å²) >= 11 is 0. The predicted octanol–water partition coefficient (Wildman–Crippen LogP) is 2.69. The van der Waals surface area contributed by atoms with E-state index in [-0.39, 0.29) is 6.03 Å². The lowest BCUT2D eigenvalue weighted by Gasteiger charge is -2.20. The molecule has 1 aromatic heterocycles. The Bertz CT molecular complexity index is 637. The number of urea groups is 1. The minimum absolute atomic E-state index is 0.0461. The molecule has 0 aliphatic rings. The third-order valence-electron chi connectivity index (χ3n) is 3.90. The topological polar surface area (TPSA) is 59.4 Å². The number of nitrogens with one attached hydrogen (secondary N) is 1. The van der Waals surface area contributed by atoms with Gasteiger partial charge in [0.25, 0.3) is 0 Å². The number of hydrogen-bond acceptors (Lipinski definition) is 3. The number of benzene rings is 1. The Balaban J connectivity index is 1.80. The van der Waals surface area contributed by atoms with Crippen LogP contribution in [0.5, 0.6) is 5.75 Å². The molecule has 0 radical (unpaired) electrons. The van der Waals surface area contributed by atoms with Gasteiger partial charge >= 0.3 is 6.03 Å². The van der Waals surface area contributed by atoms with E-state index < -0.39 is 0 Å². The van der Waals surface area contributed by atoms with Crippen LogP contribution in [0, 0.1) is 0 Å². The summed E-state index contributed by atoms with van der Waals surface area (Å²) in [6.07, 6.45) is 4.59. The van der Waals surface area contributed by atoms with Gasteiger partial charge in [0, 0.05) is 31.4 Å². The van der Waals surface area contributed by atoms with Crippen molar-refractivity contribution in [3.05, 3.63) is 47.8 Å². The average Bonchev–Trinajstić information content (AvgIpc) is 3.08. The molecule has 2 amide bonds. The van der Waals surface area contributed by atoms with Crippen LogP contribution in [0.2, 0.25) is 0 Å². The lowest BCUT2D eigenvalue weighted by Crippen LogP contribution is -2.40. The van der Waals surface area contributed by atoms with Crippen LogP contribution in [0.25, 0.3) is 0 Å². The molecule has 1 N–H and O–H groups in total. The summed E-state index contributed by atoms with van der Waals surface area (Å²) in [6.45, 7) is 6.69. The third-order valence-corrected chi connectivity index (χ3v) is 3.90. The van der Waals surface area contributed by atoms with Gasteiger partial charge in [-0.2, -0.15) is 5.10 Å². The number of aryl methyl sites for hydroxylation is 1. The molecule has 0 saturated carbocycles. The smallest absolute Gasteiger partial charge is 0.317 e. The van der Waals surface area contributed by atoms with E-state index in [4.69, 9.17) is 4.74 Å². The number of aromatic nitrogens is 2. The fourth-order valence-corrected chi connectivity index (χ4v) is 2.43. The first-order valence-electron chi connectivity index (χ1n) is 8.33. The largest absolute Gasteiger partial charge is 0.497 e. The number of rotatable bonds is 8. The second kappa shape index (κ2) is 8.96. The van der Waals surface area contributed by atoms with Crippen molar-refractivity contribution in [3.8, 4) is 5.75 Å². The van der Waals surface area contributed by atoms with Gasteiger partial charge in [0.2, 0.25) is 0 Å². The zero-order valence-corrected chi connectivity index (χ0v) is 14.7. The van der Waals surface area contributed by atoms with Crippen molar-refractivity contribution in [3.63, 3.8) is 0 Å². The molecule has 6 heteroatoms. The van der Waals surface area contributed by atoms with Gasteiger partial charge in [-0.3, -0.25) is 4.68 Å². The highest BCUT2D eigenvalue weighted by molar-refractivity contribution is 5.74. The van der Waals surface area contributed by atoms with E-state index in [1.807, 2.05) is 55.2 Å². The summed E-state index contributed by atoms with van der Waals surface area (Å²) in [6, 6.07) is 7.85. The molecule has 130 valence electrons. The van der Waals surface area contributed by atoms with Crippen molar-refractivity contribution < 1.29 is 9.53 Å². The van der Waals surface area contributed by atoms with Crippen LogP contribution < -0.4 is 10.1 Å². The molecule has 6 nitrogen and oxygen atoms in total. The van der Waals surface area contributed by atoms with Crippen LogP contribution in [0.1, 0.15) is 25.0 Å². The molecular weight excluding hydrogens is 304 g/mol. The third kappa shape index (κ3) is 5.01. The molecule has 0 fully saturated rings. The van der Waals surface area contributed by atoms with E-state index in [1.54, 1.807) is 12.0 Å². The zero-order chi connectivity index (χ0) is 17.4. The Morgan fingerprint density at radius 3 is 2.58 bits per heavy atom. The zero-order valence-electron chi connectivity index (χ0n) is 14.7. The fourth-order valence-electron chi connectivity index (χ4n) is 2.43. The van der Waals surface area contributed by atoms with Crippen LogP contribution >= 0.6 is 0 Å². The summed E-state index contributed by atoms with van der Waals surface area (Å²) in [5.41, 5.74) is 2.22. The van der Waals surface area contributed by atoms with E-state index in [1.165, 1.54) is 5.56 Å². The SMILES string of the molecule is CCN(Cc1cnn(CC)c1)C(=O)NCCc1ccc(OC)cc1. The van der Waals surface area contributed by atoms with E-state index in [2.05, 4.69) is 10.4 Å². The van der Waals surface area contributed by atoms with Gasteiger partial charge in [-0.15, -0.1) is 0 Å². The monoisotopic (exact) mass is 330 g/mol. The van der Waals surface area contributed by atoms with Gasteiger partial charge in [0.05, 0.1) is 19.9 Å². The first-order chi connectivity index (χ1) is 11.7. The van der Waals surface area contributed by atoms with E-state index >= 15 is 0 Å². The number of carbonyl (C=O) groups is 1. The molecule has 0 saturated heterocycles. The molecule has 2 aromatic rings. The maximum atomic E-state index is 12.3. The number of nitrogens with zero attached hydrogens (tertiary/aromatic N) is 3. The predicted molar refractivity (Wildman–Crippen MR) is 94.1 cm³/mol. The van der Waals surface area contributed by atoms with Crippen molar-refractivity contribution in [1.82, 2.24) is 20.0 Å².